The molecular weight excluding hydrogens is 454 g/mol. The molecule has 5 rings (SSSR count). The van der Waals surface area contributed by atoms with Crippen molar-refractivity contribution in [2.45, 2.75) is 0 Å². The van der Waals surface area contributed by atoms with Gasteiger partial charge in [0, 0.05) is 21.5 Å². The van der Waals surface area contributed by atoms with Crippen molar-refractivity contribution >= 4 is 55.5 Å². The maximum Gasteiger partial charge on any atom is 0.257 e. The lowest BCUT2D eigenvalue weighted by molar-refractivity contribution is 0.102. The molecule has 2 aromatic carbocycles. The van der Waals surface area contributed by atoms with Gasteiger partial charge in [0.25, 0.3) is 5.91 Å². The van der Waals surface area contributed by atoms with Crippen LogP contribution in [-0.4, -0.2) is 26.1 Å². The molecule has 0 saturated heterocycles. The highest BCUT2D eigenvalue weighted by Gasteiger charge is 2.16. The van der Waals surface area contributed by atoms with Gasteiger partial charge < -0.3 is 4.74 Å². The third-order valence-corrected chi connectivity index (χ3v) is 6.13. The Hall–Kier alpha value is -3.40. The van der Waals surface area contributed by atoms with Crippen molar-refractivity contribution in [3.05, 3.63) is 76.3 Å². The molecular formula is C21H12ClN5O2S2. The summed E-state index contributed by atoms with van der Waals surface area (Å²) in [5.74, 6) is 0.600. The minimum absolute atomic E-state index is 0.299. The van der Waals surface area contributed by atoms with E-state index in [9.17, 15) is 4.79 Å². The maximum absolute atomic E-state index is 12.5. The van der Waals surface area contributed by atoms with Crippen LogP contribution in [0.15, 0.2) is 65.7 Å². The summed E-state index contributed by atoms with van der Waals surface area (Å²) in [6.07, 6.45) is 1.46. The average molecular weight is 466 g/mol. The van der Waals surface area contributed by atoms with Gasteiger partial charge in [-0.1, -0.05) is 41.1 Å². The predicted octanol–water partition coefficient (Wildman–Crippen LogP) is 5.91. The van der Waals surface area contributed by atoms with Gasteiger partial charge in [-0.2, -0.15) is 0 Å². The van der Waals surface area contributed by atoms with Gasteiger partial charge in [-0.05, 0) is 35.9 Å². The largest absolute Gasteiger partial charge is 0.438 e. The summed E-state index contributed by atoms with van der Waals surface area (Å²) in [6.45, 7) is 0. The van der Waals surface area contributed by atoms with Crippen LogP contribution in [0.1, 0.15) is 10.4 Å². The van der Waals surface area contributed by atoms with Crippen molar-refractivity contribution in [2.24, 2.45) is 0 Å². The second-order valence-corrected chi connectivity index (χ2v) is 8.47. The van der Waals surface area contributed by atoms with Crippen molar-refractivity contribution < 1.29 is 9.53 Å². The summed E-state index contributed by atoms with van der Waals surface area (Å²) in [4.78, 5) is 22.0. The zero-order valence-electron chi connectivity index (χ0n) is 15.7. The van der Waals surface area contributed by atoms with E-state index in [0.29, 0.717) is 27.3 Å². The first-order chi connectivity index (χ1) is 15.2. The number of nitrogens with one attached hydrogen (secondary N) is 1. The third kappa shape index (κ3) is 4.11. The molecule has 7 nitrogen and oxygen atoms in total. The number of ether oxygens (including phenoxy) is 1. The SMILES string of the molecule is O=C(Nc1nncs1)c1cccc(Oc2ncnc3scc(-c4ccc(Cl)cc4)c23)c1. The molecule has 1 amide bonds. The van der Waals surface area contributed by atoms with Gasteiger partial charge in [-0.25, -0.2) is 9.97 Å². The number of hydrogen-bond donors (Lipinski definition) is 1. The minimum atomic E-state index is -0.299. The Bertz CT molecular complexity index is 1370. The number of amides is 1. The normalized spacial score (nSPS) is 10.9. The van der Waals surface area contributed by atoms with Gasteiger partial charge in [0.15, 0.2) is 0 Å². The molecule has 31 heavy (non-hydrogen) atoms. The van der Waals surface area contributed by atoms with Crippen LogP contribution in [0.4, 0.5) is 5.13 Å². The second kappa shape index (κ2) is 8.38. The first-order valence-electron chi connectivity index (χ1n) is 9.01. The lowest BCUT2D eigenvalue weighted by atomic mass is 10.1. The summed E-state index contributed by atoms with van der Waals surface area (Å²) < 4.78 is 6.09. The number of fused-ring (bicyclic) bond motifs is 1. The van der Waals surface area contributed by atoms with E-state index >= 15 is 0 Å². The minimum Gasteiger partial charge on any atom is -0.438 e. The molecule has 0 unspecified atom stereocenters. The summed E-state index contributed by atoms with van der Waals surface area (Å²) in [7, 11) is 0. The summed E-state index contributed by atoms with van der Waals surface area (Å²) >= 11 is 8.78. The molecule has 0 spiro atoms. The molecule has 0 atom stereocenters. The first-order valence-corrected chi connectivity index (χ1v) is 11.1. The van der Waals surface area contributed by atoms with Crippen LogP contribution in [0.3, 0.4) is 0 Å². The van der Waals surface area contributed by atoms with Gasteiger partial charge in [0.2, 0.25) is 11.0 Å². The Labute approximate surface area is 189 Å². The number of carbonyl (C=O) groups excluding carboxylic acids is 1. The Balaban J connectivity index is 1.48. The molecule has 3 heterocycles. The van der Waals surface area contributed by atoms with Crippen molar-refractivity contribution in [3.8, 4) is 22.8 Å². The number of thiophene rings is 1. The van der Waals surface area contributed by atoms with E-state index in [1.807, 2.05) is 29.6 Å². The van der Waals surface area contributed by atoms with Crippen LogP contribution in [0.25, 0.3) is 21.3 Å². The Morgan fingerprint density at radius 1 is 1.06 bits per heavy atom. The molecule has 0 aliphatic heterocycles. The smallest absolute Gasteiger partial charge is 0.257 e. The van der Waals surface area contributed by atoms with Crippen molar-refractivity contribution in [1.29, 1.82) is 0 Å². The molecule has 0 aliphatic carbocycles. The fourth-order valence-electron chi connectivity index (χ4n) is 2.98. The van der Waals surface area contributed by atoms with Crippen LogP contribution < -0.4 is 10.1 Å². The highest BCUT2D eigenvalue weighted by molar-refractivity contribution is 7.17. The fraction of sp³-hybridized carbons (Fsp3) is 0. The zero-order chi connectivity index (χ0) is 21.2. The number of nitrogens with zero attached hydrogens (tertiary/aromatic N) is 4. The Morgan fingerprint density at radius 3 is 2.74 bits per heavy atom. The standard InChI is InChI=1S/C21H12ClN5O2S2/c22-14-6-4-12(5-7-14)16-9-30-20-17(16)19(23-10-24-20)29-15-3-1-2-13(8-15)18(28)26-21-27-25-11-31-21/h1-11H,(H,26,27,28). The molecule has 0 radical (unpaired) electrons. The molecule has 0 bridgehead atoms. The van der Waals surface area contributed by atoms with Crippen LogP contribution >= 0.6 is 34.3 Å². The highest BCUT2D eigenvalue weighted by Crippen LogP contribution is 2.39. The number of halogens is 1. The van der Waals surface area contributed by atoms with Crippen molar-refractivity contribution in [1.82, 2.24) is 20.2 Å². The summed E-state index contributed by atoms with van der Waals surface area (Å²) in [6, 6.07) is 14.4. The third-order valence-electron chi connectivity index (χ3n) is 4.38. The van der Waals surface area contributed by atoms with Crippen molar-refractivity contribution in [2.75, 3.05) is 5.32 Å². The lowest BCUT2D eigenvalue weighted by Gasteiger charge is -2.09. The Morgan fingerprint density at radius 2 is 1.94 bits per heavy atom. The molecule has 1 N–H and O–H groups in total. The first kappa shape index (κ1) is 19.6. The average Bonchev–Trinajstić information content (AvgIpc) is 3.45. The van der Waals surface area contributed by atoms with E-state index < -0.39 is 0 Å². The quantitative estimate of drug-likeness (QED) is 0.347. The Kier molecular flexibility index (Phi) is 5.29. The van der Waals surface area contributed by atoms with Crippen LogP contribution in [0, 0.1) is 0 Å². The van der Waals surface area contributed by atoms with E-state index in [1.54, 1.807) is 29.8 Å². The van der Waals surface area contributed by atoms with Gasteiger partial charge in [0.1, 0.15) is 22.4 Å². The van der Waals surface area contributed by atoms with E-state index in [4.69, 9.17) is 16.3 Å². The van der Waals surface area contributed by atoms with E-state index in [1.165, 1.54) is 29.0 Å². The highest BCUT2D eigenvalue weighted by atomic mass is 35.5. The monoisotopic (exact) mass is 465 g/mol. The van der Waals surface area contributed by atoms with Crippen LogP contribution in [0.5, 0.6) is 11.6 Å². The molecule has 10 heteroatoms. The molecule has 3 aromatic heterocycles. The van der Waals surface area contributed by atoms with E-state index in [0.717, 1.165) is 21.3 Å². The number of hydrogen-bond acceptors (Lipinski definition) is 8. The number of benzene rings is 2. The molecule has 0 saturated carbocycles. The van der Waals surface area contributed by atoms with E-state index in [2.05, 4.69) is 25.5 Å². The summed E-state index contributed by atoms with van der Waals surface area (Å²) in [5.41, 5.74) is 3.92. The predicted molar refractivity (Wildman–Crippen MR) is 122 cm³/mol. The number of carbonyl (C=O) groups is 1. The van der Waals surface area contributed by atoms with E-state index in [-0.39, 0.29) is 5.91 Å². The fourth-order valence-corrected chi connectivity index (χ4v) is 4.45. The number of anilines is 1. The molecule has 0 aliphatic rings. The topological polar surface area (TPSA) is 89.9 Å². The number of aromatic nitrogens is 4. The number of rotatable bonds is 5. The van der Waals surface area contributed by atoms with Crippen LogP contribution in [-0.2, 0) is 0 Å². The summed E-state index contributed by atoms with van der Waals surface area (Å²) in [5, 5.41) is 14.2. The van der Waals surface area contributed by atoms with Crippen molar-refractivity contribution in [3.63, 3.8) is 0 Å². The molecule has 152 valence electrons. The van der Waals surface area contributed by atoms with Crippen LogP contribution in [0.2, 0.25) is 5.02 Å². The lowest BCUT2D eigenvalue weighted by Crippen LogP contribution is -2.11. The van der Waals surface area contributed by atoms with Gasteiger partial charge in [0.05, 0.1) is 5.39 Å². The molecule has 0 fully saturated rings. The van der Waals surface area contributed by atoms with Gasteiger partial charge in [-0.3, -0.25) is 10.1 Å². The van der Waals surface area contributed by atoms with Gasteiger partial charge >= 0.3 is 0 Å². The second-order valence-electron chi connectivity index (χ2n) is 6.34. The maximum atomic E-state index is 12.5. The zero-order valence-corrected chi connectivity index (χ0v) is 18.0. The van der Waals surface area contributed by atoms with Gasteiger partial charge in [-0.15, -0.1) is 21.5 Å². The molecule has 5 aromatic rings.